The molecule has 1 aliphatic rings. The van der Waals surface area contributed by atoms with Gasteiger partial charge in [0, 0.05) is 22.9 Å². The molecule has 0 aliphatic heterocycles. The molecule has 1 aromatic rings. The van der Waals surface area contributed by atoms with Crippen molar-refractivity contribution in [1.29, 1.82) is 0 Å². The molecule has 1 saturated carbocycles. The van der Waals surface area contributed by atoms with Crippen LogP contribution in [0.2, 0.25) is 0 Å². The highest BCUT2D eigenvalue weighted by atomic mass is 32.2. The fourth-order valence-electron chi connectivity index (χ4n) is 2.31. The molecule has 1 aromatic heterocycles. The van der Waals surface area contributed by atoms with Crippen LogP contribution in [0.1, 0.15) is 52.1 Å². The third-order valence-electron chi connectivity index (χ3n) is 3.23. The zero-order chi connectivity index (χ0) is 15.3. The van der Waals surface area contributed by atoms with Gasteiger partial charge in [-0.25, -0.2) is 4.79 Å². The van der Waals surface area contributed by atoms with Gasteiger partial charge in [0.15, 0.2) is 0 Å². The van der Waals surface area contributed by atoms with E-state index in [9.17, 15) is 4.79 Å². The standard InChI is InChI=1S/C16H24N2O2S/c1-16(2,3)20-15(19)18-12-8-9-17-13(10-12)11-21-14-6-4-5-7-14/h8-10,14H,4-7,11H2,1-3H3,(H,17,18,19). The van der Waals surface area contributed by atoms with Gasteiger partial charge in [-0.1, -0.05) is 12.8 Å². The number of nitrogens with zero attached hydrogens (tertiary/aromatic N) is 1. The quantitative estimate of drug-likeness (QED) is 0.883. The number of rotatable bonds is 4. The van der Waals surface area contributed by atoms with E-state index in [1.807, 2.05) is 38.6 Å². The highest BCUT2D eigenvalue weighted by Gasteiger charge is 2.17. The minimum atomic E-state index is -0.488. The SMILES string of the molecule is CC(C)(C)OC(=O)Nc1ccnc(CSC2CCCC2)c1. The summed E-state index contributed by atoms with van der Waals surface area (Å²) in [6.45, 7) is 5.55. The van der Waals surface area contributed by atoms with Crippen LogP contribution in [-0.4, -0.2) is 21.9 Å². The van der Waals surface area contributed by atoms with E-state index < -0.39 is 11.7 Å². The Balaban J connectivity index is 1.86. The van der Waals surface area contributed by atoms with Crippen LogP contribution >= 0.6 is 11.8 Å². The number of hydrogen-bond acceptors (Lipinski definition) is 4. The van der Waals surface area contributed by atoms with E-state index in [1.165, 1.54) is 25.7 Å². The molecule has 1 fully saturated rings. The van der Waals surface area contributed by atoms with E-state index in [-0.39, 0.29) is 0 Å². The predicted octanol–water partition coefficient (Wildman–Crippen LogP) is 4.60. The van der Waals surface area contributed by atoms with Gasteiger partial charge in [-0.15, -0.1) is 0 Å². The number of pyridine rings is 1. The van der Waals surface area contributed by atoms with Crippen LogP contribution in [0.4, 0.5) is 10.5 Å². The van der Waals surface area contributed by atoms with E-state index in [4.69, 9.17) is 4.74 Å². The Bertz CT molecular complexity index is 479. The molecular formula is C16H24N2O2S. The van der Waals surface area contributed by atoms with Crippen LogP contribution in [0, 0.1) is 0 Å². The number of aromatic nitrogens is 1. The Morgan fingerprint density at radius 1 is 1.43 bits per heavy atom. The second kappa shape index (κ2) is 7.16. The van der Waals surface area contributed by atoms with Crippen molar-refractivity contribution >= 4 is 23.5 Å². The lowest BCUT2D eigenvalue weighted by Gasteiger charge is -2.19. The Labute approximate surface area is 131 Å². The number of thioether (sulfide) groups is 1. The van der Waals surface area contributed by atoms with Gasteiger partial charge in [0.1, 0.15) is 5.60 Å². The van der Waals surface area contributed by atoms with Crippen molar-refractivity contribution in [3.8, 4) is 0 Å². The van der Waals surface area contributed by atoms with Crippen LogP contribution in [0.15, 0.2) is 18.3 Å². The number of carbonyl (C=O) groups is 1. The zero-order valence-electron chi connectivity index (χ0n) is 13.0. The molecule has 116 valence electrons. The summed E-state index contributed by atoms with van der Waals surface area (Å²) in [5.74, 6) is 0.897. The Kier molecular flexibility index (Phi) is 5.51. The van der Waals surface area contributed by atoms with Gasteiger partial charge in [-0.3, -0.25) is 10.3 Å². The van der Waals surface area contributed by atoms with Gasteiger partial charge in [0.2, 0.25) is 0 Å². The molecule has 0 aromatic carbocycles. The third-order valence-corrected chi connectivity index (χ3v) is 4.64. The molecule has 1 N–H and O–H groups in total. The highest BCUT2D eigenvalue weighted by molar-refractivity contribution is 7.99. The Morgan fingerprint density at radius 3 is 2.81 bits per heavy atom. The molecule has 4 nitrogen and oxygen atoms in total. The third kappa shape index (κ3) is 5.96. The Morgan fingerprint density at radius 2 is 2.14 bits per heavy atom. The van der Waals surface area contributed by atoms with Crippen LogP contribution < -0.4 is 5.32 Å². The van der Waals surface area contributed by atoms with E-state index in [1.54, 1.807) is 12.3 Å². The molecule has 1 amide bonds. The molecule has 0 spiro atoms. The van der Waals surface area contributed by atoms with Crippen LogP contribution in [0.25, 0.3) is 0 Å². The molecular weight excluding hydrogens is 284 g/mol. The zero-order valence-corrected chi connectivity index (χ0v) is 13.8. The van der Waals surface area contributed by atoms with Gasteiger partial charge >= 0.3 is 6.09 Å². The average Bonchev–Trinajstić information content (AvgIpc) is 2.87. The van der Waals surface area contributed by atoms with Gasteiger partial charge in [-0.05, 0) is 45.7 Å². The summed E-state index contributed by atoms with van der Waals surface area (Å²) >= 11 is 1.97. The maximum Gasteiger partial charge on any atom is 0.412 e. The van der Waals surface area contributed by atoms with Crippen LogP contribution in [0.3, 0.4) is 0 Å². The molecule has 0 saturated heterocycles. The van der Waals surface area contributed by atoms with Gasteiger partial charge in [0.25, 0.3) is 0 Å². The van der Waals surface area contributed by atoms with Crippen molar-refractivity contribution in [3.05, 3.63) is 24.0 Å². The van der Waals surface area contributed by atoms with E-state index >= 15 is 0 Å². The molecule has 0 radical (unpaired) electrons. The van der Waals surface area contributed by atoms with Crippen molar-refractivity contribution < 1.29 is 9.53 Å². The fourth-order valence-corrected chi connectivity index (χ4v) is 3.55. The number of anilines is 1. The average molecular weight is 308 g/mol. The molecule has 1 aliphatic carbocycles. The van der Waals surface area contributed by atoms with Crippen molar-refractivity contribution in [2.45, 2.75) is 63.1 Å². The molecule has 0 bridgehead atoms. The molecule has 0 atom stereocenters. The van der Waals surface area contributed by atoms with Gasteiger partial charge in [-0.2, -0.15) is 11.8 Å². The van der Waals surface area contributed by atoms with Crippen molar-refractivity contribution in [3.63, 3.8) is 0 Å². The lowest BCUT2D eigenvalue weighted by molar-refractivity contribution is 0.0636. The first-order valence-corrected chi connectivity index (χ1v) is 8.54. The lowest BCUT2D eigenvalue weighted by Crippen LogP contribution is -2.27. The number of ether oxygens (including phenoxy) is 1. The van der Waals surface area contributed by atoms with Crippen molar-refractivity contribution in [2.75, 3.05) is 5.32 Å². The highest BCUT2D eigenvalue weighted by Crippen LogP contribution is 2.31. The van der Waals surface area contributed by atoms with Crippen molar-refractivity contribution in [2.24, 2.45) is 0 Å². The summed E-state index contributed by atoms with van der Waals surface area (Å²) in [6.07, 6.45) is 6.65. The number of hydrogen-bond donors (Lipinski definition) is 1. The second-order valence-electron chi connectivity index (χ2n) is 6.38. The monoisotopic (exact) mass is 308 g/mol. The first-order valence-electron chi connectivity index (χ1n) is 7.49. The van der Waals surface area contributed by atoms with Crippen LogP contribution in [0.5, 0.6) is 0 Å². The summed E-state index contributed by atoms with van der Waals surface area (Å²) < 4.78 is 5.25. The largest absolute Gasteiger partial charge is 0.444 e. The minimum Gasteiger partial charge on any atom is -0.444 e. The maximum absolute atomic E-state index is 11.7. The molecule has 1 heterocycles. The van der Waals surface area contributed by atoms with Crippen LogP contribution in [-0.2, 0) is 10.5 Å². The molecule has 21 heavy (non-hydrogen) atoms. The first-order chi connectivity index (χ1) is 9.92. The number of amides is 1. The van der Waals surface area contributed by atoms with E-state index in [2.05, 4.69) is 10.3 Å². The maximum atomic E-state index is 11.7. The fraction of sp³-hybridized carbons (Fsp3) is 0.625. The Hall–Kier alpha value is -1.23. The smallest absolute Gasteiger partial charge is 0.412 e. The number of nitrogens with one attached hydrogen (secondary N) is 1. The van der Waals surface area contributed by atoms with Crippen molar-refractivity contribution in [1.82, 2.24) is 4.98 Å². The summed E-state index contributed by atoms with van der Waals surface area (Å²) in [5.41, 5.74) is 1.25. The van der Waals surface area contributed by atoms with E-state index in [0.717, 1.165) is 22.4 Å². The second-order valence-corrected chi connectivity index (χ2v) is 7.67. The lowest BCUT2D eigenvalue weighted by atomic mass is 10.2. The van der Waals surface area contributed by atoms with Gasteiger partial charge in [0.05, 0.1) is 5.69 Å². The number of carbonyl (C=O) groups excluding carboxylic acids is 1. The van der Waals surface area contributed by atoms with Gasteiger partial charge < -0.3 is 4.74 Å². The summed E-state index contributed by atoms with van der Waals surface area (Å²) in [7, 11) is 0. The molecule has 0 unspecified atom stereocenters. The topological polar surface area (TPSA) is 51.2 Å². The molecule has 2 rings (SSSR count). The van der Waals surface area contributed by atoms with E-state index in [0.29, 0.717) is 0 Å². The molecule has 5 heteroatoms. The predicted molar refractivity (Wildman–Crippen MR) is 87.6 cm³/mol. The summed E-state index contributed by atoms with van der Waals surface area (Å²) in [6, 6.07) is 3.71. The summed E-state index contributed by atoms with van der Waals surface area (Å²) in [4.78, 5) is 16.1. The normalized spacial score (nSPS) is 16.0. The minimum absolute atomic E-state index is 0.428. The first kappa shape index (κ1) is 16.1. The summed E-state index contributed by atoms with van der Waals surface area (Å²) in [5, 5.41) is 3.53.